The standard InChI is InChI=1S/C18H14ClFN2O/c1-11(23)14-10-17(13-4-6-21-7-5-13)22-18(14)9-12-2-3-16(20)15(19)8-12/h2-8,10,22H,9H2,1H3. The molecule has 2 heterocycles. The summed E-state index contributed by atoms with van der Waals surface area (Å²) >= 11 is 5.82. The molecule has 3 rings (SSSR count). The number of hydrogen-bond donors (Lipinski definition) is 1. The van der Waals surface area contributed by atoms with Crippen LogP contribution in [-0.2, 0) is 6.42 Å². The highest BCUT2D eigenvalue weighted by molar-refractivity contribution is 6.30. The molecule has 0 unspecified atom stereocenters. The van der Waals surface area contributed by atoms with Crippen molar-refractivity contribution in [3.63, 3.8) is 0 Å². The summed E-state index contributed by atoms with van der Waals surface area (Å²) in [5.74, 6) is -0.476. The summed E-state index contributed by atoms with van der Waals surface area (Å²) < 4.78 is 13.3. The number of nitrogens with one attached hydrogen (secondary N) is 1. The van der Waals surface area contributed by atoms with Crippen molar-refractivity contribution in [2.45, 2.75) is 13.3 Å². The molecule has 5 heteroatoms. The Kier molecular flexibility index (Phi) is 4.26. The van der Waals surface area contributed by atoms with E-state index in [0.29, 0.717) is 12.0 Å². The zero-order valence-corrected chi connectivity index (χ0v) is 13.2. The quantitative estimate of drug-likeness (QED) is 0.708. The predicted octanol–water partition coefficient (Wildman–Crippen LogP) is 4.66. The lowest BCUT2D eigenvalue weighted by Crippen LogP contribution is -1.98. The number of Topliss-reactive ketones (excluding diaryl/α,β-unsaturated/α-hetero) is 1. The van der Waals surface area contributed by atoms with Crippen LogP contribution in [0.4, 0.5) is 4.39 Å². The van der Waals surface area contributed by atoms with Gasteiger partial charge in [-0.05, 0) is 42.8 Å². The van der Waals surface area contributed by atoms with Crippen LogP contribution in [0.15, 0.2) is 48.8 Å². The fraction of sp³-hybridized carbons (Fsp3) is 0.111. The van der Waals surface area contributed by atoms with Gasteiger partial charge in [0.2, 0.25) is 0 Å². The van der Waals surface area contributed by atoms with Crippen LogP contribution >= 0.6 is 11.6 Å². The summed E-state index contributed by atoms with van der Waals surface area (Å²) in [4.78, 5) is 19.2. The van der Waals surface area contributed by atoms with Gasteiger partial charge in [-0.25, -0.2) is 4.39 Å². The number of benzene rings is 1. The zero-order chi connectivity index (χ0) is 16.4. The molecule has 0 aliphatic rings. The Morgan fingerprint density at radius 1 is 1.22 bits per heavy atom. The van der Waals surface area contributed by atoms with E-state index in [1.807, 2.05) is 18.2 Å². The molecule has 116 valence electrons. The SMILES string of the molecule is CC(=O)c1cc(-c2ccncc2)[nH]c1Cc1ccc(F)c(Cl)c1. The van der Waals surface area contributed by atoms with Crippen molar-refractivity contribution < 1.29 is 9.18 Å². The second kappa shape index (κ2) is 6.34. The Hall–Kier alpha value is -2.46. The minimum atomic E-state index is -0.453. The van der Waals surface area contributed by atoms with Crippen molar-refractivity contribution in [3.8, 4) is 11.3 Å². The van der Waals surface area contributed by atoms with Gasteiger partial charge >= 0.3 is 0 Å². The summed E-state index contributed by atoms with van der Waals surface area (Å²) in [6.07, 6.45) is 3.87. The molecule has 23 heavy (non-hydrogen) atoms. The molecule has 0 aliphatic carbocycles. The first-order valence-corrected chi connectivity index (χ1v) is 7.49. The third-order valence-electron chi connectivity index (χ3n) is 3.63. The normalized spacial score (nSPS) is 10.7. The maximum absolute atomic E-state index is 13.3. The van der Waals surface area contributed by atoms with Gasteiger partial charge in [-0.1, -0.05) is 17.7 Å². The summed E-state index contributed by atoms with van der Waals surface area (Å²) in [6.45, 7) is 1.53. The number of hydrogen-bond acceptors (Lipinski definition) is 2. The number of aromatic nitrogens is 2. The minimum absolute atomic E-state index is 0.0234. The molecule has 0 fully saturated rings. The highest BCUT2D eigenvalue weighted by Gasteiger charge is 2.14. The molecule has 0 saturated heterocycles. The van der Waals surface area contributed by atoms with E-state index in [9.17, 15) is 9.18 Å². The molecule has 0 saturated carbocycles. The number of halogens is 2. The van der Waals surface area contributed by atoms with Crippen molar-refractivity contribution >= 4 is 17.4 Å². The molecule has 3 aromatic rings. The number of aromatic amines is 1. The van der Waals surface area contributed by atoms with Crippen molar-refractivity contribution in [2.24, 2.45) is 0 Å². The highest BCUT2D eigenvalue weighted by Crippen LogP contribution is 2.25. The van der Waals surface area contributed by atoms with E-state index < -0.39 is 5.82 Å². The number of ketones is 1. The Labute approximate surface area is 138 Å². The molecule has 0 spiro atoms. The molecular formula is C18H14ClFN2O. The average Bonchev–Trinajstić information content (AvgIpc) is 2.96. The minimum Gasteiger partial charge on any atom is -0.358 e. The maximum Gasteiger partial charge on any atom is 0.161 e. The van der Waals surface area contributed by atoms with E-state index in [1.165, 1.54) is 13.0 Å². The largest absolute Gasteiger partial charge is 0.358 e. The number of pyridine rings is 1. The Morgan fingerprint density at radius 3 is 2.61 bits per heavy atom. The van der Waals surface area contributed by atoms with Gasteiger partial charge in [-0.15, -0.1) is 0 Å². The number of H-pyrrole nitrogens is 1. The van der Waals surface area contributed by atoms with Crippen LogP contribution in [0.2, 0.25) is 5.02 Å². The summed E-state index contributed by atoms with van der Waals surface area (Å²) in [5.41, 5.74) is 4.04. The first kappa shape index (κ1) is 15.4. The fourth-order valence-electron chi connectivity index (χ4n) is 2.49. The van der Waals surface area contributed by atoms with Crippen molar-refractivity contribution in [3.05, 3.63) is 76.5 Å². The molecule has 0 amide bonds. The first-order valence-electron chi connectivity index (χ1n) is 7.11. The van der Waals surface area contributed by atoms with Gasteiger partial charge in [0.1, 0.15) is 5.82 Å². The highest BCUT2D eigenvalue weighted by atomic mass is 35.5. The molecule has 1 N–H and O–H groups in total. The third kappa shape index (κ3) is 3.32. The number of nitrogens with zero attached hydrogens (tertiary/aromatic N) is 1. The lowest BCUT2D eigenvalue weighted by Gasteiger charge is -2.04. The molecule has 0 aliphatic heterocycles. The fourth-order valence-corrected chi connectivity index (χ4v) is 2.69. The topological polar surface area (TPSA) is 45.8 Å². The van der Waals surface area contributed by atoms with Gasteiger partial charge in [0, 0.05) is 41.3 Å². The van der Waals surface area contributed by atoms with E-state index in [4.69, 9.17) is 11.6 Å². The van der Waals surface area contributed by atoms with E-state index in [2.05, 4.69) is 9.97 Å². The monoisotopic (exact) mass is 328 g/mol. The second-order valence-corrected chi connectivity index (χ2v) is 5.70. The molecule has 0 atom stereocenters. The summed E-state index contributed by atoms with van der Waals surface area (Å²) in [6, 6.07) is 10.1. The van der Waals surface area contributed by atoms with E-state index in [1.54, 1.807) is 24.5 Å². The van der Waals surface area contributed by atoms with E-state index in [0.717, 1.165) is 22.5 Å². The van der Waals surface area contributed by atoms with Crippen molar-refractivity contribution in [2.75, 3.05) is 0 Å². The third-order valence-corrected chi connectivity index (χ3v) is 3.92. The van der Waals surface area contributed by atoms with Gasteiger partial charge in [-0.2, -0.15) is 0 Å². The molecule has 3 nitrogen and oxygen atoms in total. The second-order valence-electron chi connectivity index (χ2n) is 5.29. The Morgan fingerprint density at radius 2 is 1.96 bits per heavy atom. The van der Waals surface area contributed by atoms with Crippen LogP contribution < -0.4 is 0 Å². The van der Waals surface area contributed by atoms with Crippen LogP contribution in [0, 0.1) is 5.82 Å². The Bertz CT molecular complexity index is 859. The van der Waals surface area contributed by atoms with Crippen LogP contribution in [-0.4, -0.2) is 15.8 Å². The molecule has 2 aromatic heterocycles. The summed E-state index contributed by atoms with van der Waals surface area (Å²) in [7, 11) is 0. The van der Waals surface area contributed by atoms with E-state index >= 15 is 0 Å². The molecule has 1 aromatic carbocycles. The predicted molar refractivity (Wildman–Crippen MR) is 88.2 cm³/mol. The zero-order valence-electron chi connectivity index (χ0n) is 12.4. The smallest absolute Gasteiger partial charge is 0.161 e. The number of carbonyl (C=O) groups is 1. The van der Waals surface area contributed by atoms with Gasteiger partial charge in [0.05, 0.1) is 5.02 Å². The van der Waals surface area contributed by atoms with E-state index in [-0.39, 0.29) is 10.8 Å². The summed E-state index contributed by atoms with van der Waals surface area (Å²) in [5, 5.41) is 0.0767. The van der Waals surface area contributed by atoms with Crippen LogP contribution in [0.25, 0.3) is 11.3 Å². The first-order chi connectivity index (χ1) is 11.0. The van der Waals surface area contributed by atoms with Gasteiger partial charge in [0.25, 0.3) is 0 Å². The molecule has 0 bridgehead atoms. The average molecular weight is 329 g/mol. The number of carbonyl (C=O) groups excluding carboxylic acids is 1. The van der Waals surface area contributed by atoms with Crippen LogP contribution in [0.1, 0.15) is 28.5 Å². The molecular weight excluding hydrogens is 315 g/mol. The van der Waals surface area contributed by atoms with Crippen LogP contribution in [0.3, 0.4) is 0 Å². The van der Waals surface area contributed by atoms with Crippen molar-refractivity contribution in [1.82, 2.24) is 9.97 Å². The van der Waals surface area contributed by atoms with Gasteiger partial charge in [0.15, 0.2) is 5.78 Å². The lowest BCUT2D eigenvalue weighted by atomic mass is 10.0. The Balaban J connectivity index is 1.99. The van der Waals surface area contributed by atoms with Gasteiger partial charge in [-0.3, -0.25) is 9.78 Å². The van der Waals surface area contributed by atoms with Crippen molar-refractivity contribution in [1.29, 1.82) is 0 Å². The molecule has 0 radical (unpaired) electrons. The van der Waals surface area contributed by atoms with Crippen LogP contribution in [0.5, 0.6) is 0 Å². The van der Waals surface area contributed by atoms with Gasteiger partial charge < -0.3 is 4.98 Å². The maximum atomic E-state index is 13.3. The number of rotatable bonds is 4. The lowest BCUT2D eigenvalue weighted by molar-refractivity contribution is 0.101.